The number of aromatic nitrogens is 4. The fourth-order valence-corrected chi connectivity index (χ4v) is 10.7. The molecule has 6 heteroatoms. The van der Waals surface area contributed by atoms with Crippen LogP contribution in [0.3, 0.4) is 0 Å². The summed E-state index contributed by atoms with van der Waals surface area (Å²) in [5.74, 6) is 1.99. The van der Waals surface area contributed by atoms with Crippen molar-refractivity contribution in [3.8, 4) is 51.0 Å². The molecule has 4 nitrogen and oxygen atoms in total. The quantitative estimate of drug-likeness (QED) is 0.175. The maximum atomic E-state index is 5.11. The van der Waals surface area contributed by atoms with Crippen LogP contribution < -0.4 is 0 Å². The van der Waals surface area contributed by atoms with Gasteiger partial charge < -0.3 is 4.57 Å². The second-order valence-electron chi connectivity index (χ2n) is 14.4. The summed E-state index contributed by atoms with van der Waals surface area (Å²) in [7, 11) is 0. The Kier molecular flexibility index (Phi) is 7.24. The number of benzene rings is 8. The number of nitrogens with zero attached hydrogens (tertiary/aromatic N) is 4. The van der Waals surface area contributed by atoms with E-state index in [-0.39, 0.29) is 0 Å². The first-order chi connectivity index (χ1) is 28.2. The number of hydrogen-bond acceptors (Lipinski definition) is 5. The van der Waals surface area contributed by atoms with Crippen LogP contribution in [0.25, 0.3) is 113 Å². The smallest absolute Gasteiger partial charge is 0.164 e. The van der Waals surface area contributed by atoms with Crippen LogP contribution in [0.15, 0.2) is 182 Å². The van der Waals surface area contributed by atoms with Crippen LogP contribution in [0.4, 0.5) is 0 Å². The Bertz CT molecular complexity index is 3410. The van der Waals surface area contributed by atoms with Crippen molar-refractivity contribution in [2.45, 2.75) is 0 Å². The standard InChI is InChI=1S/C51H30N4S2/c1-3-13-31(14-4-1)49-52-50(32-15-5-2-6-16-32)54-51(53-49)38-20-12-24-46-47(38)40-30-34(26-28-45(40)56-46)33-25-27-44-39(29-33)37-19-11-23-43(48(37)57-44)55-41-21-9-7-17-35(41)36-18-8-10-22-42(36)55/h1-30H. The summed E-state index contributed by atoms with van der Waals surface area (Å²) in [5, 5.41) is 7.47. The van der Waals surface area contributed by atoms with Crippen LogP contribution in [0.2, 0.25) is 0 Å². The molecule has 0 unspecified atom stereocenters. The van der Waals surface area contributed by atoms with E-state index in [0.717, 1.165) is 16.7 Å². The molecule has 0 atom stereocenters. The molecule has 0 bridgehead atoms. The van der Waals surface area contributed by atoms with Crippen molar-refractivity contribution in [3.05, 3.63) is 182 Å². The molecule has 12 aromatic rings. The summed E-state index contributed by atoms with van der Waals surface area (Å²) < 4.78 is 7.46. The lowest BCUT2D eigenvalue weighted by molar-refractivity contribution is 1.08. The van der Waals surface area contributed by atoms with E-state index in [0.29, 0.717) is 17.5 Å². The lowest BCUT2D eigenvalue weighted by atomic mass is 9.99. The van der Waals surface area contributed by atoms with Gasteiger partial charge in [0.25, 0.3) is 0 Å². The van der Waals surface area contributed by atoms with E-state index in [1.807, 2.05) is 59.1 Å². The number of fused-ring (bicyclic) bond motifs is 9. The van der Waals surface area contributed by atoms with Crippen LogP contribution in [0.5, 0.6) is 0 Å². The Morgan fingerprint density at radius 3 is 1.56 bits per heavy atom. The van der Waals surface area contributed by atoms with E-state index in [4.69, 9.17) is 15.0 Å². The predicted octanol–water partition coefficient (Wildman–Crippen LogP) is 14.4. The second-order valence-corrected chi connectivity index (χ2v) is 16.5. The second kappa shape index (κ2) is 12.8. The van der Waals surface area contributed by atoms with E-state index < -0.39 is 0 Å². The number of rotatable bonds is 5. The molecule has 4 heterocycles. The van der Waals surface area contributed by atoms with Crippen LogP contribution >= 0.6 is 22.7 Å². The van der Waals surface area contributed by atoms with Crippen molar-refractivity contribution in [2.24, 2.45) is 0 Å². The highest BCUT2D eigenvalue weighted by atomic mass is 32.1. The van der Waals surface area contributed by atoms with E-state index in [9.17, 15) is 0 Å². The van der Waals surface area contributed by atoms with E-state index in [2.05, 4.69) is 150 Å². The highest BCUT2D eigenvalue weighted by Gasteiger charge is 2.19. The molecule has 0 saturated carbocycles. The summed E-state index contributed by atoms with van der Waals surface area (Å²) in [5.41, 5.74) is 8.97. The lowest BCUT2D eigenvalue weighted by Gasteiger charge is -2.10. The molecule has 0 N–H and O–H groups in total. The van der Waals surface area contributed by atoms with Crippen molar-refractivity contribution in [1.29, 1.82) is 0 Å². The fraction of sp³-hybridized carbons (Fsp3) is 0. The molecule has 266 valence electrons. The Morgan fingerprint density at radius 2 is 0.895 bits per heavy atom. The Labute approximate surface area is 335 Å². The van der Waals surface area contributed by atoms with Gasteiger partial charge in [0.2, 0.25) is 0 Å². The third kappa shape index (κ3) is 5.15. The monoisotopic (exact) mass is 762 g/mol. The summed E-state index contributed by atoms with van der Waals surface area (Å²) in [6.07, 6.45) is 0. The van der Waals surface area contributed by atoms with E-state index in [1.165, 1.54) is 79.0 Å². The van der Waals surface area contributed by atoms with Crippen LogP contribution in [0.1, 0.15) is 0 Å². The Hall–Kier alpha value is -6.99. The van der Waals surface area contributed by atoms with Crippen molar-refractivity contribution in [2.75, 3.05) is 0 Å². The zero-order chi connectivity index (χ0) is 37.5. The SMILES string of the molecule is c1ccc(-c2nc(-c3ccccc3)nc(-c3cccc4sc5ccc(-c6ccc7sc8c(-n9c%10ccccc%10c%10ccccc%109)cccc8c7c6)cc5c34)n2)cc1. The van der Waals surface area contributed by atoms with Crippen LogP contribution in [0, 0.1) is 0 Å². The summed E-state index contributed by atoms with van der Waals surface area (Å²) >= 11 is 3.68. The Balaban J connectivity index is 1.02. The highest BCUT2D eigenvalue weighted by Crippen LogP contribution is 2.44. The van der Waals surface area contributed by atoms with Gasteiger partial charge in [-0.3, -0.25) is 0 Å². The fourth-order valence-electron chi connectivity index (χ4n) is 8.44. The largest absolute Gasteiger partial charge is 0.308 e. The first kappa shape index (κ1) is 32.3. The van der Waals surface area contributed by atoms with Gasteiger partial charge in [-0.25, -0.2) is 15.0 Å². The first-order valence-electron chi connectivity index (χ1n) is 19.0. The van der Waals surface area contributed by atoms with Gasteiger partial charge in [0, 0.05) is 63.1 Å². The topological polar surface area (TPSA) is 43.6 Å². The number of hydrogen-bond donors (Lipinski definition) is 0. The molecule has 0 aliphatic heterocycles. The van der Waals surface area contributed by atoms with Gasteiger partial charge in [-0.05, 0) is 59.7 Å². The maximum Gasteiger partial charge on any atom is 0.164 e. The average Bonchev–Trinajstić information content (AvgIpc) is 3.96. The van der Waals surface area contributed by atoms with E-state index in [1.54, 1.807) is 0 Å². The minimum absolute atomic E-state index is 0.661. The van der Waals surface area contributed by atoms with Gasteiger partial charge in [0.1, 0.15) is 0 Å². The molecule has 0 spiro atoms. The lowest BCUT2D eigenvalue weighted by Crippen LogP contribution is -2.00. The van der Waals surface area contributed by atoms with Crippen LogP contribution in [-0.4, -0.2) is 19.5 Å². The third-order valence-corrected chi connectivity index (χ3v) is 13.4. The third-order valence-electron chi connectivity index (χ3n) is 11.1. The molecule has 0 amide bonds. The highest BCUT2D eigenvalue weighted by molar-refractivity contribution is 7.26. The molecule has 57 heavy (non-hydrogen) atoms. The molecule has 0 aliphatic rings. The normalized spacial score (nSPS) is 11.9. The van der Waals surface area contributed by atoms with Gasteiger partial charge in [-0.2, -0.15) is 0 Å². The number of para-hydroxylation sites is 2. The van der Waals surface area contributed by atoms with Gasteiger partial charge >= 0.3 is 0 Å². The molecule has 0 aliphatic carbocycles. The molecule has 12 rings (SSSR count). The summed E-state index contributed by atoms with van der Waals surface area (Å²) in [4.78, 5) is 15.2. The summed E-state index contributed by atoms with van der Waals surface area (Å²) in [6.45, 7) is 0. The van der Waals surface area contributed by atoms with Gasteiger partial charge in [-0.15, -0.1) is 22.7 Å². The first-order valence-corrected chi connectivity index (χ1v) is 20.7. The van der Waals surface area contributed by atoms with Crippen molar-refractivity contribution < 1.29 is 0 Å². The Morgan fingerprint density at radius 1 is 0.351 bits per heavy atom. The number of thiophene rings is 2. The minimum Gasteiger partial charge on any atom is -0.308 e. The van der Waals surface area contributed by atoms with Gasteiger partial charge in [0.05, 0.1) is 21.4 Å². The van der Waals surface area contributed by atoms with Gasteiger partial charge in [-0.1, -0.05) is 133 Å². The van der Waals surface area contributed by atoms with Crippen molar-refractivity contribution in [3.63, 3.8) is 0 Å². The maximum absolute atomic E-state index is 5.11. The zero-order valence-corrected chi connectivity index (χ0v) is 32.1. The van der Waals surface area contributed by atoms with Crippen molar-refractivity contribution in [1.82, 2.24) is 19.5 Å². The van der Waals surface area contributed by atoms with Gasteiger partial charge in [0.15, 0.2) is 17.5 Å². The molecule has 4 aromatic heterocycles. The molecule has 0 radical (unpaired) electrons. The zero-order valence-electron chi connectivity index (χ0n) is 30.4. The molecule has 0 fully saturated rings. The minimum atomic E-state index is 0.661. The molecular formula is C51H30N4S2. The summed E-state index contributed by atoms with van der Waals surface area (Å²) in [6, 6.07) is 64.9. The molecule has 8 aromatic carbocycles. The molecule has 0 saturated heterocycles. The van der Waals surface area contributed by atoms with E-state index >= 15 is 0 Å². The predicted molar refractivity (Wildman–Crippen MR) is 242 cm³/mol. The average molecular weight is 763 g/mol. The van der Waals surface area contributed by atoms with Crippen LogP contribution in [-0.2, 0) is 0 Å². The van der Waals surface area contributed by atoms with Crippen molar-refractivity contribution >= 4 is 84.8 Å². The molecular weight excluding hydrogens is 733 g/mol.